The summed E-state index contributed by atoms with van der Waals surface area (Å²) in [5.41, 5.74) is 2.06. The molecule has 0 saturated heterocycles. The van der Waals surface area contributed by atoms with Crippen molar-refractivity contribution in [2.75, 3.05) is 0 Å². The van der Waals surface area contributed by atoms with Crippen LogP contribution in [-0.4, -0.2) is 14.9 Å². The monoisotopic (exact) mass is 290 g/mol. The Bertz CT molecular complexity index is 534. The molecule has 20 heavy (non-hydrogen) atoms. The molecule has 0 amide bonds. The fourth-order valence-corrected chi connectivity index (χ4v) is 2.68. The average molecular weight is 290 g/mol. The summed E-state index contributed by atoms with van der Waals surface area (Å²) in [4.78, 5) is 1.20. The van der Waals surface area contributed by atoms with E-state index in [0.717, 1.165) is 23.4 Å². The Morgan fingerprint density at radius 2 is 1.90 bits per heavy atom. The minimum absolute atomic E-state index is 0.403. The van der Waals surface area contributed by atoms with Crippen LogP contribution in [0.2, 0.25) is 0 Å². The van der Waals surface area contributed by atoms with Gasteiger partial charge in [-0.2, -0.15) is 5.10 Å². The molecule has 1 aromatic heterocycles. The lowest BCUT2D eigenvalue weighted by atomic mass is 10.1. The second-order valence-electron chi connectivity index (χ2n) is 5.08. The van der Waals surface area contributed by atoms with Crippen LogP contribution in [0.5, 0.6) is 0 Å². The van der Waals surface area contributed by atoms with Crippen LogP contribution in [0.4, 0.5) is 0 Å². The van der Waals surface area contributed by atoms with Gasteiger partial charge >= 0.3 is 0 Å². The van der Waals surface area contributed by atoms with Crippen LogP contribution in [0.15, 0.2) is 41.4 Å². The summed E-state index contributed by atoms with van der Waals surface area (Å²) in [5.74, 6) is 0.872. The molecular formula is C16H22N2OS. The summed E-state index contributed by atoms with van der Waals surface area (Å²) in [6.07, 6.45) is 2.75. The topological polar surface area (TPSA) is 38.0 Å². The van der Waals surface area contributed by atoms with E-state index in [1.807, 2.05) is 16.8 Å². The van der Waals surface area contributed by atoms with E-state index in [0.29, 0.717) is 6.04 Å². The first kappa shape index (κ1) is 15.1. The van der Waals surface area contributed by atoms with Gasteiger partial charge in [0.15, 0.2) is 0 Å². The highest BCUT2D eigenvalue weighted by Crippen LogP contribution is 2.24. The molecule has 2 aromatic rings. The zero-order valence-electron chi connectivity index (χ0n) is 12.3. The average Bonchev–Trinajstić information content (AvgIpc) is 2.93. The number of hydrogen-bond acceptors (Lipinski definition) is 3. The molecule has 1 heterocycles. The second kappa shape index (κ2) is 6.95. The Morgan fingerprint density at radius 1 is 1.20 bits per heavy atom. The lowest BCUT2D eigenvalue weighted by molar-refractivity contribution is 0.199. The number of thioether (sulfide) groups is 1. The fourth-order valence-electron chi connectivity index (χ4n) is 1.89. The number of nitrogens with zero attached hydrogens (tertiary/aromatic N) is 2. The van der Waals surface area contributed by atoms with Crippen LogP contribution >= 0.6 is 11.8 Å². The number of hydrogen-bond donors (Lipinski definition) is 1. The van der Waals surface area contributed by atoms with E-state index in [1.54, 1.807) is 18.7 Å². The Hall–Kier alpha value is -1.26. The normalized spacial score (nSPS) is 14.2. The third kappa shape index (κ3) is 3.87. The molecule has 0 aliphatic rings. The highest BCUT2D eigenvalue weighted by atomic mass is 32.2. The molecule has 0 fully saturated rings. The molecule has 0 bridgehead atoms. The molecule has 4 heteroatoms. The number of aliphatic hydroxyl groups is 1. The first-order valence-electron chi connectivity index (χ1n) is 7.05. The van der Waals surface area contributed by atoms with Crippen molar-refractivity contribution in [3.8, 4) is 0 Å². The molecule has 1 aromatic carbocycles. The van der Waals surface area contributed by atoms with Crippen molar-refractivity contribution in [1.82, 2.24) is 9.78 Å². The van der Waals surface area contributed by atoms with Gasteiger partial charge in [-0.05, 0) is 44.0 Å². The van der Waals surface area contributed by atoms with Crippen LogP contribution in [0.3, 0.4) is 0 Å². The van der Waals surface area contributed by atoms with Gasteiger partial charge in [-0.1, -0.05) is 19.1 Å². The second-order valence-corrected chi connectivity index (χ2v) is 6.13. The van der Waals surface area contributed by atoms with Gasteiger partial charge in [-0.3, -0.25) is 4.68 Å². The molecule has 3 nitrogen and oxygen atoms in total. The maximum atomic E-state index is 9.48. The van der Waals surface area contributed by atoms with E-state index >= 15 is 0 Å². The van der Waals surface area contributed by atoms with Crippen molar-refractivity contribution in [1.29, 1.82) is 0 Å². The quantitative estimate of drug-likeness (QED) is 0.810. The van der Waals surface area contributed by atoms with Crippen molar-refractivity contribution in [2.24, 2.45) is 0 Å². The van der Waals surface area contributed by atoms with Gasteiger partial charge in [-0.25, -0.2) is 0 Å². The summed E-state index contributed by atoms with van der Waals surface area (Å²) in [7, 11) is 0. The Labute approximate surface area is 125 Å². The standard InChI is InChI=1S/C16H22N2OS/c1-4-12(2)18-10-9-15(17-18)11-20-16-7-5-14(6-8-16)13(3)19/h5-10,12-13,19H,4,11H2,1-3H3. The van der Waals surface area contributed by atoms with Crippen LogP contribution in [0.1, 0.15) is 50.6 Å². The third-order valence-electron chi connectivity index (χ3n) is 3.46. The van der Waals surface area contributed by atoms with Crippen molar-refractivity contribution in [2.45, 2.75) is 50.0 Å². The van der Waals surface area contributed by atoms with Crippen LogP contribution in [0, 0.1) is 0 Å². The smallest absolute Gasteiger partial charge is 0.0761 e. The summed E-state index contributed by atoms with van der Waals surface area (Å²) in [6, 6.07) is 10.6. The molecule has 2 atom stereocenters. The highest BCUT2D eigenvalue weighted by molar-refractivity contribution is 7.98. The van der Waals surface area contributed by atoms with E-state index in [9.17, 15) is 5.11 Å². The Balaban J connectivity index is 1.93. The molecule has 0 radical (unpaired) electrons. The maximum absolute atomic E-state index is 9.48. The number of aromatic nitrogens is 2. The van der Waals surface area contributed by atoms with Gasteiger partial charge in [0.1, 0.15) is 0 Å². The predicted octanol–water partition coefficient (Wildman–Crippen LogP) is 4.20. The molecule has 2 rings (SSSR count). The molecule has 0 saturated carbocycles. The predicted molar refractivity (Wildman–Crippen MR) is 83.9 cm³/mol. The van der Waals surface area contributed by atoms with Gasteiger partial charge in [0, 0.05) is 22.9 Å². The molecule has 0 spiro atoms. The number of rotatable bonds is 6. The van der Waals surface area contributed by atoms with Crippen LogP contribution in [0.25, 0.3) is 0 Å². The van der Waals surface area contributed by atoms with Crippen LogP contribution in [-0.2, 0) is 5.75 Å². The van der Waals surface area contributed by atoms with E-state index in [2.05, 4.69) is 43.3 Å². The first-order chi connectivity index (χ1) is 9.60. The minimum Gasteiger partial charge on any atom is -0.389 e. The molecule has 108 valence electrons. The molecule has 0 aliphatic heterocycles. The minimum atomic E-state index is -0.403. The van der Waals surface area contributed by atoms with Crippen molar-refractivity contribution < 1.29 is 5.11 Å². The lowest BCUT2D eigenvalue weighted by Crippen LogP contribution is -2.04. The number of aliphatic hydroxyl groups excluding tert-OH is 1. The highest BCUT2D eigenvalue weighted by Gasteiger charge is 2.05. The van der Waals surface area contributed by atoms with Crippen molar-refractivity contribution in [3.05, 3.63) is 47.8 Å². The zero-order chi connectivity index (χ0) is 14.5. The molecular weight excluding hydrogens is 268 g/mol. The van der Waals surface area contributed by atoms with Gasteiger partial charge in [0.2, 0.25) is 0 Å². The number of benzene rings is 1. The third-order valence-corrected chi connectivity index (χ3v) is 4.50. The largest absolute Gasteiger partial charge is 0.389 e. The maximum Gasteiger partial charge on any atom is 0.0761 e. The summed E-state index contributed by atoms with van der Waals surface area (Å²) < 4.78 is 2.03. The molecule has 1 N–H and O–H groups in total. The fraction of sp³-hybridized carbons (Fsp3) is 0.438. The SMILES string of the molecule is CCC(C)n1ccc(CSc2ccc(C(C)O)cc2)n1. The van der Waals surface area contributed by atoms with Gasteiger partial charge < -0.3 is 5.11 Å². The van der Waals surface area contributed by atoms with Gasteiger partial charge in [-0.15, -0.1) is 11.8 Å². The van der Waals surface area contributed by atoms with E-state index in [-0.39, 0.29) is 0 Å². The Morgan fingerprint density at radius 3 is 2.50 bits per heavy atom. The van der Waals surface area contributed by atoms with Gasteiger partial charge in [0.05, 0.1) is 11.8 Å². The van der Waals surface area contributed by atoms with Crippen molar-refractivity contribution in [3.63, 3.8) is 0 Å². The lowest BCUT2D eigenvalue weighted by Gasteiger charge is -2.08. The van der Waals surface area contributed by atoms with E-state index in [1.165, 1.54) is 4.90 Å². The summed E-state index contributed by atoms with van der Waals surface area (Å²) in [6.45, 7) is 6.13. The van der Waals surface area contributed by atoms with Crippen molar-refractivity contribution >= 4 is 11.8 Å². The zero-order valence-corrected chi connectivity index (χ0v) is 13.1. The summed E-state index contributed by atoms with van der Waals surface area (Å²) >= 11 is 1.77. The van der Waals surface area contributed by atoms with E-state index < -0.39 is 6.10 Å². The summed E-state index contributed by atoms with van der Waals surface area (Å²) in [5, 5.41) is 14.1. The molecule has 2 unspecified atom stereocenters. The molecule has 0 aliphatic carbocycles. The van der Waals surface area contributed by atoms with Gasteiger partial charge in [0.25, 0.3) is 0 Å². The van der Waals surface area contributed by atoms with E-state index in [4.69, 9.17) is 0 Å². The first-order valence-corrected chi connectivity index (χ1v) is 8.03. The van der Waals surface area contributed by atoms with Crippen LogP contribution < -0.4 is 0 Å². The Kier molecular flexibility index (Phi) is 5.26.